The molecule has 1 amide bonds. The first-order valence-corrected chi connectivity index (χ1v) is 9.62. The van der Waals surface area contributed by atoms with Gasteiger partial charge in [0, 0.05) is 52.4 Å². The molecule has 2 fully saturated rings. The number of guanidine groups is 1. The molecule has 0 saturated carbocycles. The Morgan fingerprint density at radius 2 is 1.68 bits per heavy atom. The fourth-order valence-corrected chi connectivity index (χ4v) is 3.13. The van der Waals surface area contributed by atoms with Crippen LogP contribution < -0.4 is 5.32 Å². The molecule has 7 nitrogen and oxygen atoms in total. The van der Waals surface area contributed by atoms with Crippen molar-refractivity contribution < 1.29 is 9.53 Å². The van der Waals surface area contributed by atoms with Crippen molar-refractivity contribution in [2.75, 3.05) is 58.9 Å². The minimum absolute atomic E-state index is 0.200. The molecule has 144 valence electrons. The molecule has 2 heterocycles. The van der Waals surface area contributed by atoms with Crippen LogP contribution in [-0.4, -0.2) is 91.3 Å². The van der Waals surface area contributed by atoms with Gasteiger partial charge in [-0.05, 0) is 40.5 Å². The molecule has 2 aliphatic rings. The fourth-order valence-electron chi connectivity index (χ4n) is 3.13. The Balaban J connectivity index is 1.72. The molecule has 0 unspecified atom stereocenters. The Kier molecular flexibility index (Phi) is 7.35. The summed E-state index contributed by atoms with van der Waals surface area (Å²) in [5, 5.41) is 3.39. The Labute approximate surface area is 152 Å². The van der Waals surface area contributed by atoms with E-state index < -0.39 is 5.60 Å². The Bertz CT molecular complexity index is 447. The number of hydrogen-bond donors (Lipinski definition) is 1. The van der Waals surface area contributed by atoms with Crippen LogP contribution in [0, 0.1) is 0 Å². The largest absolute Gasteiger partial charge is 0.444 e. The van der Waals surface area contributed by atoms with Crippen LogP contribution in [-0.2, 0) is 4.74 Å². The van der Waals surface area contributed by atoms with Gasteiger partial charge in [-0.15, -0.1) is 0 Å². The van der Waals surface area contributed by atoms with E-state index in [1.165, 1.54) is 12.8 Å². The lowest BCUT2D eigenvalue weighted by molar-refractivity contribution is 0.0148. The molecule has 0 atom stereocenters. The van der Waals surface area contributed by atoms with E-state index in [-0.39, 0.29) is 6.09 Å². The molecule has 2 aliphatic heterocycles. The number of aliphatic imine (C=N–C) groups is 1. The molecule has 0 spiro atoms. The summed E-state index contributed by atoms with van der Waals surface area (Å²) >= 11 is 0. The maximum Gasteiger partial charge on any atom is 0.410 e. The van der Waals surface area contributed by atoms with Crippen LogP contribution in [0.1, 0.15) is 40.5 Å². The fraction of sp³-hybridized carbons (Fsp3) is 0.889. The first-order valence-electron chi connectivity index (χ1n) is 9.62. The summed E-state index contributed by atoms with van der Waals surface area (Å²) in [6, 6.07) is 0. The van der Waals surface area contributed by atoms with Crippen molar-refractivity contribution >= 4 is 12.1 Å². The lowest BCUT2D eigenvalue weighted by Gasteiger charge is -2.35. The number of amides is 1. The van der Waals surface area contributed by atoms with Crippen molar-refractivity contribution in [2.45, 2.75) is 46.1 Å². The number of piperazine rings is 1. The lowest BCUT2D eigenvalue weighted by atomic mass is 10.2. The summed E-state index contributed by atoms with van der Waals surface area (Å²) in [4.78, 5) is 23.4. The minimum atomic E-state index is -0.429. The zero-order valence-corrected chi connectivity index (χ0v) is 16.4. The van der Waals surface area contributed by atoms with E-state index in [0.717, 1.165) is 64.9 Å². The first-order chi connectivity index (χ1) is 11.9. The molecule has 7 heteroatoms. The summed E-state index contributed by atoms with van der Waals surface area (Å²) in [7, 11) is 0. The summed E-state index contributed by atoms with van der Waals surface area (Å²) in [5.74, 6) is 1.05. The third-order valence-electron chi connectivity index (χ3n) is 4.44. The van der Waals surface area contributed by atoms with Gasteiger partial charge in [0.2, 0.25) is 0 Å². The van der Waals surface area contributed by atoms with E-state index in [0.29, 0.717) is 0 Å². The van der Waals surface area contributed by atoms with Crippen LogP contribution >= 0.6 is 0 Å². The van der Waals surface area contributed by atoms with Crippen molar-refractivity contribution in [1.82, 2.24) is 20.0 Å². The zero-order chi connectivity index (χ0) is 18.3. The zero-order valence-electron chi connectivity index (χ0n) is 16.4. The number of hydrogen-bond acceptors (Lipinski definition) is 4. The van der Waals surface area contributed by atoms with Crippen LogP contribution in [0.5, 0.6) is 0 Å². The smallest absolute Gasteiger partial charge is 0.410 e. The van der Waals surface area contributed by atoms with Crippen LogP contribution in [0.25, 0.3) is 0 Å². The molecule has 2 rings (SSSR count). The van der Waals surface area contributed by atoms with E-state index in [4.69, 9.17) is 9.73 Å². The SMILES string of the molecule is CCNC(=NCCN1CCN(C(=O)OC(C)(C)C)CC1)N1CCCC1. The van der Waals surface area contributed by atoms with Gasteiger partial charge in [-0.3, -0.25) is 9.89 Å². The number of carbonyl (C=O) groups is 1. The molecule has 0 aromatic heterocycles. The number of likely N-dealkylation sites (tertiary alicyclic amines) is 1. The van der Waals surface area contributed by atoms with E-state index in [2.05, 4.69) is 22.0 Å². The topological polar surface area (TPSA) is 60.4 Å². The summed E-state index contributed by atoms with van der Waals surface area (Å²) in [6.45, 7) is 15.9. The normalized spacial score (nSPS) is 20.1. The molecule has 1 N–H and O–H groups in total. The number of rotatable bonds is 4. The number of carbonyl (C=O) groups excluding carboxylic acids is 1. The first kappa shape index (κ1) is 19.8. The van der Waals surface area contributed by atoms with Gasteiger partial charge in [0.1, 0.15) is 5.60 Å². The van der Waals surface area contributed by atoms with E-state index >= 15 is 0 Å². The molecular weight excluding hydrogens is 318 g/mol. The monoisotopic (exact) mass is 353 g/mol. The van der Waals surface area contributed by atoms with Gasteiger partial charge >= 0.3 is 6.09 Å². The third kappa shape index (κ3) is 6.72. The summed E-state index contributed by atoms with van der Waals surface area (Å²) < 4.78 is 5.44. The van der Waals surface area contributed by atoms with Gasteiger partial charge < -0.3 is 19.9 Å². The predicted octanol–water partition coefficient (Wildman–Crippen LogP) is 1.60. The quantitative estimate of drug-likeness (QED) is 0.614. The molecule has 2 saturated heterocycles. The molecule has 0 aliphatic carbocycles. The van der Waals surface area contributed by atoms with E-state index in [9.17, 15) is 4.79 Å². The second-order valence-corrected chi connectivity index (χ2v) is 7.74. The van der Waals surface area contributed by atoms with Crippen LogP contribution in [0.15, 0.2) is 4.99 Å². The van der Waals surface area contributed by atoms with Crippen molar-refractivity contribution in [3.63, 3.8) is 0 Å². The van der Waals surface area contributed by atoms with Crippen molar-refractivity contribution in [3.8, 4) is 0 Å². The highest BCUT2D eigenvalue weighted by Crippen LogP contribution is 2.12. The highest BCUT2D eigenvalue weighted by molar-refractivity contribution is 5.80. The summed E-state index contributed by atoms with van der Waals surface area (Å²) in [5.41, 5.74) is -0.429. The molecule has 0 aromatic carbocycles. The van der Waals surface area contributed by atoms with Crippen molar-refractivity contribution in [2.24, 2.45) is 4.99 Å². The Hall–Kier alpha value is -1.50. The maximum absolute atomic E-state index is 12.1. The van der Waals surface area contributed by atoms with Gasteiger partial charge in [0.05, 0.1) is 6.54 Å². The van der Waals surface area contributed by atoms with Crippen LogP contribution in [0.4, 0.5) is 4.79 Å². The van der Waals surface area contributed by atoms with E-state index in [1.54, 1.807) is 4.90 Å². The molecule has 0 aromatic rings. The number of nitrogens with zero attached hydrogens (tertiary/aromatic N) is 4. The molecule has 25 heavy (non-hydrogen) atoms. The van der Waals surface area contributed by atoms with Crippen molar-refractivity contribution in [1.29, 1.82) is 0 Å². The second kappa shape index (κ2) is 9.27. The van der Waals surface area contributed by atoms with Crippen LogP contribution in [0.3, 0.4) is 0 Å². The third-order valence-corrected chi connectivity index (χ3v) is 4.44. The molecular formula is C18H35N5O2. The standard InChI is InChI=1S/C18H35N5O2/c1-5-19-16(22-9-6-7-10-22)20-8-11-21-12-14-23(15-13-21)17(24)25-18(2,3)4/h5-15H2,1-4H3,(H,19,20). The Morgan fingerprint density at radius 1 is 1.04 bits per heavy atom. The average molecular weight is 354 g/mol. The second-order valence-electron chi connectivity index (χ2n) is 7.74. The predicted molar refractivity (Wildman–Crippen MR) is 101 cm³/mol. The summed E-state index contributed by atoms with van der Waals surface area (Å²) in [6.07, 6.45) is 2.32. The van der Waals surface area contributed by atoms with Gasteiger partial charge in [-0.1, -0.05) is 0 Å². The molecule has 0 bridgehead atoms. The van der Waals surface area contributed by atoms with Gasteiger partial charge in [-0.25, -0.2) is 4.79 Å². The van der Waals surface area contributed by atoms with Gasteiger partial charge in [-0.2, -0.15) is 0 Å². The highest BCUT2D eigenvalue weighted by Gasteiger charge is 2.25. The average Bonchev–Trinajstić information content (AvgIpc) is 3.07. The minimum Gasteiger partial charge on any atom is -0.444 e. The highest BCUT2D eigenvalue weighted by atomic mass is 16.6. The van der Waals surface area contributed by atoms with Gasteiger partial charge in [0.15, 0.2) is 5.96 Å². The van der Waals surface area contributed by atoms with Crippen LogP contribution in [0.2, 0.25) is 0 Å². The number of ether oxygens (including phenoxy) is 1. The van der Waals surface area contributed by atoms with Crippen molar-refractivity contribution in [3.05, 3.63) is 0 Å². The lowest BCUT2D eigenvalue weighted by Crippen LogP contribution is -2.50. The van der Waals surface area contributed by atoms with Gasteiger partial charge in [0.25, 0.3) is 0 Å². The number of nitrogens with one attached hydrogen (secondary N) is 1. The molecule has 0 radical (unpaired) electrons. The van der Waals surface area contributed by atoms with E-state index in [1.807, 2.05) is 20.8 Å². The Morgan fingerprint density at radius 3 is 2.24 bits per heavy atom. The maximum atomic E-state index is 12.1.